The molecule has 0 saturated carbocycles. The van der Waals surface area contributed by atoms with Crippen LogP contribution in [-0.2, 0) is 50.8 Å². The van der Waals surface area contributed by atoms with Crippen molar-refractivity contribution in [1.82, 2.24) is 0 Å². The fraction of sp³-hybridized carbons (Fsp3) is 0.409. The molecule has 0 radical (unpaired) electrons. The van der Waals surface area contributed by atoms with E-state index in [1.54, 1.807) is 62.8 Å². The quantitative estimate of drug-likeness (QED) is 0.0435. The predicted molar refractivity (Wildman–Crippen MR) is 227 cm³/mol. The Morgan fingerprint density at radius 1 is 0.500 bits per heavy atom. The number of rotatable bonds is 22. The van der Waals surface area contributed by atoms with E-state index in [0.717, 1.165) is 22.1 Å². The summed E-state index contributed by atoms with van der Waals surface area (Å²) < 4.78 is 57.3. The molecule has 0 saturated heterocycles. The van der Waals surface area contributed by atoms with Crippen LogP contribution in [-0.4, -0.2) is 66.5 Å². The van der Waals surface area contributed by atoms with Crippen molar-refractivity contribution in [2.24, 2.45) is 0 Å². The van der Waals surface area contributed by atoms with Crippen LogP contribution in [0.4, 0.5) is 11.4 Å². The van der Waals surface area contributed by atoms with E-state index in [9.17, 15) is 0 Å². The third-order valence-electron chi connectivity index (χ3n) is 8.11. The van der Waals surface area contributed by atoms with Crippen LogP contribution in [0.15, 0.2) is 84.9 Å². The highest BCUT2D eigenvalue weighted by Gasteiger charge is 2.28. The third-order valence-corrected chi connectivity index (χ3v) is 8.11. The molecule has 0 aromatic heterocycles. The first-order valence-electron chi connectivity index (χ1n) is 19.3. The first-order chi connectivity index (χ1) is 27.9. The Hall–Kier alpha value is -4.73. The van der Waals surface area contributed by atoms with Crippen molar-refractivity contribution in [3.63, 3.8) is 0 Å². The van der Waals surface area contributed by atoms with E-state index in [-0.39, 0.29) is 24.8 Å². The van der Waals surface area contributed by atoms with Crippen LogP contribution in [0.1, 0.15) is 66.5 Å². The van der Waals surface area contributed by atoms with Crippen molar-refractivity contribution in [3.8, 4) is 23.0 Å². The maximum atomic E-state index is 7.07. The van der Waals surface area contributed by atoms with Crippen LogP contribution in [0.3, 0.4) is 0 Å². The second kappa shape index (κ2) is 25.6. The van der Waals surface area contributed by atoms with Gasteiger partial charge in [-0.15, -0.1) is 0 Å². The predicted octanol–water partition coefficient (Wildman–Crippen LogP) is 9.39. The van der Waals surface area contributed by atoms with Crippen LogP contribution < -0.4 is 20.4 Å². The van der Waals surface area contributed by atoms with Crippen LogP contribution in [0, 0.1) is 13.1 Å². The zero-order valence-electron chi connectivity index (χ0n) is 35.4. The molecule has 2 unspecified atom stereocenters. The lowest BCUT2D eigenvalue weighted by atomic mass is 9.75. The van der Waals surface area contributed by atoms with Crippen LogP contribution in [0.2, 0.25) is 0 Å². The lowest BCUT2D eigenvalue weighted by Crippen LogP contribution is -2.42. The first-order valence-corrected chi connectivity index (χ1v) is 19.3. The van der Waals surface area contributed by atoms with Gasteiger partial charge in [0.05, 0.1) is 26.4 Å². The van der Waals surface area contributed by atoms with Crippen LogP contribution >= 0.6 is 0 Å². The zero-order chi connectivity index (χ0) is 42.5. The molecule has 0 fully saturated rings. The number of benzene rings is 4. The lowest BCUT2D eigenvalue weighted by molar-refractivity contribution is -0.134. The van der Waals surface area contributed by atoms with Gasteiger partial charge in [0.2, 0.25) is 0 Å². The number of hydrogen-bond donors (Lipinski definition) is 0. The molecule has 0 aliphatic heterocycles. The minimum Gasteiger partial charge on any atom is -0.457 e. The zero-order valence-corrected chi connectivity index (χ0v) is 35.4. The standard InChI is InChI=1S/C24H32BNO5.C20H24BNO5/c1-8-27-19(6)28-16-20-15-23(29-22-11-9-21(26-7)10-12-22)13-14-24(20)25(30-17(2)3)31-18(4)5;1-6-25-15(2)26-14-16-13-19(11-12-20(16)21(23-4)24-5)27-18-9-7-17(22-3)8-10-18/h9-15,17-19H,8,16H2,1-6H3;7-13,15H,6,14H2,1-2,4-5H3. The number of hydrogen-bond acceptors (Lipinski definition) is 10. The Morgan fingerprint density at radius 2 is 0.862 bits per heavy atom. The lowest BCUT2D eigenvalue weighted by Gasteiger charge is -2.23. The van der Waals surface area contributed by atoms with E-state index < -0.39 is 14.2 Å². The Balaban J connectivity index is 0.000000313. The van der Waals surface area contributed by atoms with E-state index in [1.165, 1.54) is 0 Å². The van der Waals surface area contributed by atoms with Crippen molar-refractivity contribution < 1.29 is 47.0 Å². The van der Waals surface area contributed by atoms with Gasteiger partial charge < -0.3 is 47.0 Å². The summed E-state index contributed by atoms with van der Waals surface area (Å²) >= 11 is 0. The Kier molecular flexibility index (Phi) is 21.0. The first kappa shape index (κ1) is 47.6. The summed E-state index contributed by atoms with van der Waals surface area (Å²) in [4.78, 5) is 6.78. The molecule has 58 heavy (non-hydrogen) atoms. The maximum Gasteiger partial charge on any atom is 0.494 e. The van der Waals surface area contributed by atoms with Crippen LogP contribution in [0.25, 0.3) is 9.69 Å². The van der Waals surface area contributed by atoms with Gasteiger partial charge in [-0.1, -0.05) is 36.4 Å². The summed E-state index contributed by atoms with van der Waals surface area (Å²) in [7, 11) is 2.15. The largest absolute Gasteiger partial charge is 0.494 e. The molecule has 14 heteroatoms. The van der Waals surface area contributed by atoms with Gasteiger partial charge in [-0.2, -0.15) is 0 Å². The molecule has 2 atom stereocenters. The average Bonchev–Trinajstić information content (AvgIpc) is 3.21. The summed E-state index contributed by atoms with van der Waals surface area (Å²) in [6.45, 7) is 31.4. The molecule has 0 amide bonds. The molecule has 0 aliphatic carbocycles. The second-order valence-corrected chi connectivity index (χ2v) is 13.3. The molecule has 308 valence electrons. The normalized spacial score (nSPS) is 11.9. The monoisotopic (exact) mass is 794 g/mol. The fourth-order valence-corrected chi connectivity index (χ4v) is 5.45. The van der Waals surface area contributed by atoms with Crippen molar-refractivity contribution >= 4 is 36.5 Å². The van der Waals surface area contributed by atoms with Crippen molar-refractivity contribution in [2.75, 3.05) is 27.4 Å². The molecule has 4 rings (SSSR count). The second-order valence-electron chi connectivity index (χ2n) is 13.3. The SMILES string of the molecule is [C-]#[N+]c1ccc(Oc2ccc(B(OC(C)C)OC(C)C)c(COC(C)OCC)c2)cc1.[C-]#[N+]c1ccc(Oc2ccc(B(OC)OC)c(COC(C)OCC)c2)cc1. The smallest absolute Gasteiger partial charge is 0.457 e. The fourth-order valence-electron chi connectivity index (χ4n) is 5.45. The summed E-state index contributed by atoms with van der Waals surface area (Å²) in [6.07, 6.45) is -0.662. The van der Waals surface area contributed by atoms with Crippen molar-refractivity contribution in [1.29, 1.82) is 0 Å². The van der Waals surface area contributed by atoms with Gasteiger partial charge in [-0.3, -0.25) is 0 Å². The van der Waals surface area contributed by atoms with Gasteiger partial charge in [-0.25, -0.2) is 9.69 Å². The van der Waals surface area contributed by atoms with Gasteiger partial charge in [-0.05, 0) is 126 Å². The van der Waals surface area contributed by atoms with E-state index in [1.807, 2.05) is 91.8 Å². The van der Waals surface area contributed by atoms with E-state index in [2.05, 4.69) is 9.69 Å². The summed E-state index contributed by atoms with van der Waals surface area (Å²) in [5.41, 5.74) is 4.67. The molecule has 12 nitrogen and oxygen atoms in total. The summed E-state index contributed by atoms with van der Waals surface area (Å²) in [5, 5.41) is 0. The Labute approximate surface area is 345 Å². The molecular formula is C44H56B2N2O10. The van der Waals surface area contributed by atoms with E-state index in [0.29, 0.717) is 60.8 Å². The Bertz CT molecular complexity index is 1870. The van der Waals surface area contributed by atoms with Gasteiger partial charge in [0.15, 0.2) is 24.0 Å². The van der Waals surface area contributed by atoms with Gasteiger partial charge in [0, 0.05) is 39.6 Å². The van der Waals surface area contributed by atoms with Crippen molar-refractivity contribution in [2.45, 2.75) is 93.4 Å². The molecule has 0 heterocycles. The number of nitrogens with zero attached hydrogens (tertiary/aromatic N) is 2. The Morgan fingerprint density at radius 3 is 1.19 bits per heavy atom. The summed E-state index contributed by atoms with van der Waals surface area (Å²) in [5.74, 6) is 2.63. The van der Waals surface area contributed by atoms with Gasteiger partial charge >= 0.3 is 14.2 Å². The van der Waals surface area contributed by atoms with E-state index >= 15 is 0 Å². The molecule has 4 aromatic carbocycles. The third kappa shape index (κ3) is 16.3. The minimum absolute atomic E-state index is 0.00300. The minimum atomic E-state index is -0.520. The molecule has 4 aromatic rings. The topological polar surface area (TPSA) is 101 Å². The number of ether oxygens (including phenoxy) is 6. The average molecular weight is 795 g/mol. The molecule has 0 bridgehead atoms. The maximum absolute atomic E-state index is 7.07. The molecular weight excluding hydrogens is 738 g/mol. The van der Waals surface area contributed by atoms with Gasteiger partial charge in [0.25, 0.3) is 0 Å². The highest BCUT2D eigenvalue weighted by molar-refractivity contribution is 6.62. The van der Waals surface area contributed by atoms with Crippen LogP contribution in [0.5, 0.6) is 23.0 Å². The summed E-state index contributed by atoms with van der Waals surface area (Å²) in [6, 6.07) is 25.4. The van der Waals surface area contributed by atoms with Gasteiger partial charge in [0.1, 0.15) is 23.0 Å². The van der Waals surface area contributed by atoms with Crippen molar-refractivity contribution in [3.05, 3.63) is 119 Å². The van der Waals surface area contributed by atoms with E-state index in [4.69, 9.17) is 60.2 Å². The highest BCUT2D eigenvalue weighted by atomic mass is 16.7. The highest BCUT2D eigenvalue weighted by Crippen LogP contribution is 2.27. The molecule has 0 aliphatic rings. The molecule has 0 N–H and O–H groups in total. The molecule has 0 spiro atoms.